The van der Waals surface area contributed by atoms with Gasteiger partial charge >= 0.3 is 0 Å². The van der Waals surface area contributed by atoms with Gasteiger partial charge in [0.1, 0.15) is 0 Å². The molecule has 0 radical (unpaired) electrons. The normalized spacial score (nSPS) is 16.4. The van der Waals surface area contributed by atoms with Gasteiger partial charge in [0.2, 0.25) is 0 Å². The van der Waals surface area contributed by atoms with Gasteiger partial charge in [-0.05, 0) is 36.6 Å². The quantitative estimate of drug-likeness (QED) is 0.846. The van der Waals surface area contributed by atoms with Crippen molar-refractivity contribution >= 4 is 24.0 Å². The predicted octanol–water partition coefficient (Wildman–Crippen LogP) is 3.16. The summed E-state index contributed by atoms with van der Waals surface area (Å²) in [6, 6.07) is 17.6. The van der Waals surface area contributed by atoms with E-state index in [0.29, 0.717) is 24.4 Å². The smallest absolute Gasteiger partial charge is 0.254 e. The molecule has 2 aromatic rings. The van der Waals surface area contributed by atoms with Crippen molar-refractivity contribution in [3.8, 4) is 0 Å². The Hall–Kier alpha value is -2.04. The van der Waals surface area contributed by atoms with Gasteiger partial charge in [0.15, 0.2) is 0 Å². The van der Waals surface area contributed by atoms with E-state index in [1.165, 1.54) is 5.56 Å². The summed E-state index contributed by atoms with van der Waals surface area (Å²) in [5, 5.41) is 0. The zero-order valence-electron chi connectivity index (χ0n) is 13.6. The van der Waals surface area contributed by atoms with Crippen molar-refractivity contribution in [2.75, 3.05) is 25.5 Å². The van der Waals surface area contributed by atoms with Crippen molar-refractivity contribution in [1.82, 2.24) is 4.90 Å². The Morgan fingerprint density at radius 2 is 1.96 bits per heavy atom. The zero-order valence-corrected chi connectivity index (χ0v) is 14.4. The number of rotatable bonds is 5. The molecule has 1 saturated heterocycles. The summed E-state index contributed by atoms with van der Waals surface area (Å²) < 4.78 is 5.48. The first kappa shape index (κ1) is 18.3. The molecule has 128 valence electrons. The molecular formula is C19H23ClN2O2. The van der Waals surface area contributed by atoms with Crippen LogP contribution >= 0.6 is 12.4 Å². The number of carbonyl (C=O) groups excluding carboxylic acids is 1. The van der Waals surface area contributed by atoms with Crippen LogP contribution < -0.4 is 5.73 Å². The summed E-state index contributed by atoms with van der Waals surface area (Å²) in [4.78, 5) is 14.9. The van der Waals surface area contributed by atoms with Crippen molar-refractivity contribution < 1.29 is 9.53 Å². The molecule has 2 aromatic carbocycles. The topological polar surface area (TPSA) is 55.6 Å². The van der Waals surface area contributed by atoms with E-state index in [2.05, 4.69) is 12.1 Å². The van der Waals surface area contributed by atoms with Crippen molar-refractivity contribution in [3.63, 3.8) is 0 Å². The number of halogens is 1. The summed E-state index contributed by atoms with van der Waals surface area (Å²) in [6.07, 6.45) is 1.73. The number of nitrogens with two attached hydrogens (primary N) is 1. The van der Waals surface area contributed by atoms with Crippen LogP contribution in [0.2, 0.25) is 0 Å². The molecule has 0 saturated carbocycles. The van der Waals surface area contributed by atoms with Crippen LogP contribution in [-0.4, -0.2) is 36.6 Å². The van der Waals surface area contributed by atoms with E-state index in [4.69, 9.17) is 10.5 Å². The monoisotopic (exact) mass is 346 g/mol. The Morgan fingerprint density at radius 1 is 1.17 bits per heavy atom. The largest absolute Gasteiger partial charge is 0.399 e. The van der Waals surface area contributed by atoms with Gasteiger partial charge < -0.3 is 15.4 Å². The predicted molar refractivity (Wildman–Crippen MR) is 98.5 cm³/mol. The van der Waals surface area contributed by atoms with Crippen LogP contribution in [0.4, 0.5) is 5.69 Å². The fourth-order valence-electron chi connectivity index (χ4n) is 2.95. The van der Waals surface area contributed by atoms with Crippen LogP contribution in [-0.2, 0) is 11.2 Å². The maximum absolute atomic E-state index is 12.9. The molecule has 0 aromatic heterocycles. The van der Waals surface area contributed by atoms with Crippen molar-refractivity contribution in [2.45, 2.75) is 18.9 Å². The molecule has 1 amide bonds. The fourth-order valence-corrected chi connectivity index (χ4v) is 2.95. The van der Waals surface area contributed by atoms with E-state index in [1.807, 2.05) is 35.2 Å². The molecule has 4 nitrogen and oxygen atoms in total. The third kappa shape index (κ3) is 4.49. The van der Waals surface area contributed by atoms with Gasteiger partial charge in [0, 0.05) is 24.4 Å². The molecule has 0 spiro atoms. The lowest BCUT2D eigenvalue weighted by Crippen LogP contribution is -2.42. The highest BCUT2D eigenvalue weighted by atomic mass is 35.5. The lowest BCUT2D eigenvalue weighted by molar-refractivity contribution is 0.0656. The van der Waals surface area contributed by atoms with Crippen LogP contribution in [0.5, 0.6) is 0 Å². The van der Waals surface area contributed by atoms with Crippen LogP contribution in [0.3, 0.4) is 0 Å². The Balaban J connectivity index is 0.00000208. The Labute approximate surface area is 149 Å². The van der Waals surface area contributed by atoms with Gasteiger partial charge in [-0.1, -0.05) is 36.4 Å². The van der Waals surface area contributed by atoms with Gasteiger partial charge in [-0.15, -0.1) is 12.4 Å². The minimum atomic E-state index is 0. The maximum Gasteiger partial charge on any atom is 0.254 e. The van der Waals surface area contributed by atoms with Gasteiger partial charge in [0.05, 0.1) is 12.6 Å². The first-order valence-corrected chi connectivity index (χ1v) is 8.02. The van der Waals surface area contributed by atoms with Gasteiger partial charge in [-0.25, -0.2) is 0 Å². The first-order valence-electron chi connectivity index (χ1n) is 8.02. The summed E-state index contributed by atoms with van der Waals surface area (Å²) in [7, 11) is 0. The third-order valence-electron chi connectivity index (χ3n) is 4.23. The number of nitrogen functional groups attached to an aromatic ring is 1. The van der Waals surface area contributed by atoms with Crippen LogP contribution in [0, 0.1) is 0 Å². The molecule has 3 rings (SSSR count). The highest BCUT2D eigenvalue weighted by Gasteiger charge is 2.27. The highest BCUT2D eigenvalue weighted by molar-refractivity contribution is 5.95. The molecule has 1 aliphatic rings. The second-order valence-corrected chi connectivity index (χ2v) is 5.88. The van der Waals surface area contributed by atoms with Crippen LogP contribution in [0.25, 0.3) is 0 Å². The molecule has 1 aliphatic heterocycles. The number of hydrogen-bond donors (Lipinski definition) is 1. The van der Waals surface area contributed by atoms with E-state index >= 15 is 0 Å². The van der Waals surface area contributed by atoms with Gasteiger partial charge in [-0.3, -0.25) is 4.79 Å². The van der Waals surface area contributed by atoms with E-state index in [0.717, 1.165) is 19.4 Å². The number of carbonyl (C=O) groups is 1. The van der Waals surface area contributed by atoms with E-state index in [9.17, 15) is 4.79 Å². The average Bonchev–Trinajstić information content (AvgIpc) is 3.10. The molecule has 0 bridgehead atoms. The second-order valence-electron chi connectivity index (χ2n) is 5.88. The number of anilines is 1. The number of nitrogens with zero attached hydrogens (tertiary/aromatic N) is 1. The molecule has 0 aliphatic carbocycles. The van der Waals surface area contributed by atoms with Crippen molar-refractivity contribution in [1.29, 1.82) is 0 Å². The molecule has 1 unspecified atom stereocenters. The standard InChI is InChI=1S/C19H22N2O2.ClH/c20-17-8-4-7-16(13-17)19(22)21(18-10-12-23-14-18)11-9-15-5-2-1-3-6-15;/h1-8,13,18H,9-12,14,20H2;1H. The number of hydrogen-bond acceptors (Lipinski definition) is 3. The van der Waals surface area contributed by atoms with Crippen molar-refractivity contribution in [3.05, 3.63) is 65.7 Å². The van der Waals surface area contributed by atoms with Gasteiger partial charge in [-0.2, -0.15) is 0 Å². The molecule has 1 heterocycles. The molecular weight excluding hydrogens is 324 g/mol. The van der Waals surface area contributed by atoms with E-state index in [1.54, 1.807) is 12.1 Å². The molecule has 5 heteroatoms. The fraction of sp³-hybridized carbons (Fsp3) is 0.316. The summed E-state index contributed by atoms with van der Waals surface area (Å²) in [6.45, 7) is 2.02. The number of ether oxygens (including phenoxy) is 1. The Kier molecular flexibility index (Phi) is 6.64. The third-order valence-corrected chi connectivity index (χ3v) is 4.23. The van der Waals surface area contributed by atoms with Crippen LogP contribution in [0.15, 0.2) is 54.6 Å². The van der Waals surface area contributed by atoms with E-state index < -0.39 is 0 Å². The zero-order chi connectivity index (χ0) is 16.1. The highest BCUT2D eigenvalue weighted by Crippen LogP contribution is 2.18. The minimum absolute atomic E-state index is 0. The average molecular weight is 347 g/mol. The van der Waals surface area contributed by atoms with Crippen molar-refractivity contribution in [2.24, 2.45) is 0 Å². The van der Waals surface area contributed by atoms with E-state index in [-0.39, 0.29) is 24.4 Å². The first-order chi connectivity index (χ1) is 11.2. The van der Waals surface area contributed by atoms with Gasteiger partial charge in [0.25, 0.3) is 5.91 Å². The number of amides is 1. The second kappa shape index (κ2) is 8.71. The summed E-state index contributed by atoms with van der Waals surface area (Å²) in [5.74, 6) is 0.0312. The molecule has 24 heavy (non-hydrogen) atoms. The number of benzene rings is 2. The SMILES string of the molecule is Cl.Nc1cccc(C(=O)N(CCc2ccccc2)C2CCOC2)c1. The Morgan fingerprint density at radius 3 is 2.62 bits per heavy atom. The Bertz CT molecular complexity index is 657. The van der Waals surface area contributed by atoms with Crippen LogP contribution in [0.1, 0.15) is 22.3 Å². The lowest BCUT2D eigenvalue weighted by Gasteiger charge is -2.28. The molecule has 1 atom stereocenters. The lowest BCUT2D eigenvalue weighted by atomic mass is 10.1. The minimum Gasteiger partial charge on any atom is -0.399 e. The maximum atomic E-state index is 12.9. The molecule has 2 N–H and O–H groups in total. The summed E-state index contributed by atoms with van der Waals surface area (Å²) >= 11 is 0. The molecule has 1 fully saturated rings. The summed E-state index contributed by atoms with van der Waals surface area (Å²) in [5.41, 5.74) is 8.31.